The number of rotatable bonds is 12. The predicted molar refractivity (Wildman–Crippen MR) is 139 cm³/mol. The molecule has 2 aliphatic rings. The molecule has 0 aromatic heterocycles. The van der Waals surface area contributed by atoms with Gasteiger partial charge in [0.25, 0.3) is 0 Å². The van der Waals surface area contributed by atoms with E-state index in [0.29, 0.717) is 13.2 Å². The van der Waals surface area contributed by atoms with Crippen LogP contribution >= 0.6 is 0 Å². The second-order valence-corrected chi connectivity index (χ2v) is 9.93. The summed E-state index contributed by atoms with van der Waals surface area (Å²) < 4.78 is 35.8. The number of benzene rings is 2. The van der Waals surface area contributed by atoms with Gasteiger partial charge in [0.05, 0.1) is 39.6 Å². The van der Waals surface area contributed by atoms with Crippen LogP contribution in [0.3, 0.4) is 0 Å². The van der Waals surface area contributed by atoms with Crippen molar-refractivity contribution in [3.05, 3.63) is 71.8 Å². The number of carbonyl (C=O) groups excluding carboxylic acids is 2. The lowest BCUT2D eigenvalue weighted by molar-refractivity contribution is -0.208. The van der Waals surface area contributed by atoms with Gasteiger partial charge in [0.2, 0.25) is 0 Å². The van der Waals surface area contributed by atoms with E-state index >= 15 is 0 Å². The van der Waals surface area contributed by atoms with Gasteiger partial charge in [-0.2, -0.15) is 0 Å². The molecule has 0 amide bonds. The summed E-state index contributed by atoms with van der Waals surface area (Å²) in [6.07, 6.45) is -0.669. The molecule has 0 N–H and O–H groups in total. The van der Waals surface area contributed by atoms with E-state index in [1.165, 1.54) is 0 Å². The lowest BCUT2D eigenvalue weighted by Crippen LogP contribution is -2.43. The summed E-state index contributed by atoms with van der Waals surface area (Å²) in [5.74, 6) is -2.64. The van der Waals surface area contributed by atoms with Crippen molar-refractivity contribution in [2.75, 3.05) is 26.4 Å². The van der Waals surface area contributed by atoms with Gasteiger partial charge in [0.15, 0.2) is 11.2 Å². The van der Waals surface area contributed by atoms with Crippen LogP contribution in [0.15, 0.2) is 60.7 Å². The van der Waals surface area contributed by atoms with Crippen LogP contribution in [0.5, 0.6) is 0 Å². The van der Waals surface area contributed by atoms with E-state index < -0.39 is 35.3 Å². The fourth-order valence-corrected chi connectivity index (χ4v) is 5.30. The average Bonchev–Trinajstić information content (AvgIpc) is 3.42. The van der Waals surface area contributed by atoms with Crippen LogP contribution in [0.2, 0.25) is 0 Å². The van der Waals surface area contributed by atoms with Crippen LogP contribution in [0.1, 0.15) is 44.7 Å². The maximum absolute atomic E-state index is 13.1. The predicted octanol–water partition coefficient (Wildman–Crippen LogP) is 4.44. The molecule has 0 unspecified atom stereocenters. The van der Waals surface area contributed by atoms with E-state index in [0.717, 1.165) is 11.1 Å². The number of esters is 2. The number of carbonyl (C=O) groups is 2. The van der Waals surface area contributed by atoms with Crippen LogP contribution < -0.4 is 0 Å². The fourth-order valence-electron chi connectivity index (χ4n) is 5.30. The van der Waals surface area contributed by atoms with E-state index in [-0.39, 0.29) is 45.2 Å². The molecule has 8 heteroatoms. The van der Waals surface area contributed by atoms with E-state index in [1.54, 1.807) is 13.8 Å². The van der Waals surface area contributed by atoms with Crippen molar-refractivity contribution >= 4 is 11.9 Å². The Labute approximate surface area is 224 Å². The summed E-state index contributed by atoms with van der Waals surface area (Å²) in [4.78, 5) is 26.2. The van der Waals surface area contributed by atoms with E-state index in [9.17, 15) is 9.59 Å². The lowest BCUT2D eigenvalue weighted by atomic mass is 9.85. The van der Waals surface area contributed by atoms with E-state index in [4.69, 9.17) is 28.4 Å². The third kappa shape index (κ3) is 6.26. The standard InChI is InChI=1S/C30H38O8/c1-4-35-27(31)29(28(32)36-5-2)16-22(3)30(21-29)37-25(19-33-17-23-12-8-6-9-13-23)26(38-30)20-34-18-24-14-10-7-11-15-24/h6-15,22,25-26H,4-5,16-21H2,1-3H3/t22-,25-,26-/m0/s1. The first kappa shape index (κ1) is 28.2. The minimum Gasteiger partial charge on any atom is -0.465 e. The highest BCUT2D eigenvalue weighted by molar-refractivity contribution is 6.00. The topological polar surface area (TPSA) is 89.5 Å². The first-order chi connectivity index (χ1) is 18.4. The minimum atomic E-state index is -1.49. The largest absolute Gasteiger partial charge is 0.465 e. The molecule has 1 aliphatic heterocycles. The molecule has 1 saturated heterocycles. The molecule has 1 spiro atoms. The molecule has 0 bridgehead atoms. The molecule has 3 atom stereocenters. The fraction of sp³-hybridized carbons (Fsp3) is 0.533. The molecule has 206 valence electrons. The van der Waals surface area contributed by atoms with E-state index in [1.807, 2.05) is 67.6 Å². The third-order valence-corrected chi connectivity index (χ3v) is 7.19. The van der Waals surface area contributed by atoms with Crippen molar-refractivity contribution in [2.24, 2.45) is 11.3 Å². The zero-order valence-electron chi connectivity index (χ0n) is 22.4. The zero-order valence-corrected chi connectivity index (χ0v) is 22.4. The third-order valence-electron chi connectivity index (χ3n) is 7.19. The molecule has 0 radical (unpaired) electrons. The SMILES string of the molecule is CCOC(=O)C1(C(=O)OCC)C[C@H](C)C2(C1)O[C@@H](COCc1ccccc1)[C@H](COCc1ccccc1)O2. The van der Waals surface area contributed by atoms with Crippen LogP contribution in [0.25, 0.3) is 0 Å². The van der Waals surface area contributed by atoms with Gasteiger partial charge in [-0.25, -0.2) is 0 Å². The molecule has 2 aromatic rings. The molecule has 2 fully saturated rings. The second kappa shape index (κ2) is 12.8. The van der Waals surface area contributed by atoms with Crippen LogP contribution in [0, 0.1) is 11.3 Å². The second-order valence-electron chi connectivity index (χ2n) is 9.93. The Hall–Kier alpha value is -2.78. The van der Waals surface area contributed by atoms with Crippen molar-refractivity contribution < 1.29 is 38.0 Å². The summed E-state index contributed by atoms with van der Waals surface area (Å²) in [5, 5.41) is 0. The Kier molecular flexibility index (Phi) is 9.54. The zero-order chi connectivity index (χ0) is 27.0. The van der Waals surface area contributed by atoms with Crippen molar-refractivity contribution in [1.29, 1.82) is 0 Å². The first-order valence-electron chi connectivity index (χ1n) is 13.4. The monoisotopic (exact) mass is 526 g/mol. The molecule has 1 heterocycles. The maximum atomic E-state index is 13.1. The molecule has 1 saturated carbocycles. The summed E-state index contributed by atoms with van der Waals surface area (Å²) in [6, 6.07) is 19.8. The van der Waals surface area contributed by atoms with Gasteiger partial charge in [-0.15, -0.1) is 0 Å². The Morgan fingerprint density at radius 3 is 1.66 bits per heavy atom. The van der Waals surface area contributed by atoms with Crippen LogP contribution in [-0.2, 0) is 51.2 Å². The summed E-state index contributed by atoms with van der Waals surface area (Å²) >= 11 is 0. The van der Waals surface area contributed by atoms with Crippen molar-refractivity contribution in [1.82, 2.24) is 0 Å². The van der Waals surface area contributed by atoms with Gasteiger partial charge in [-0.3, -0.25) is 9.59 Å². The van der Waals surface area contributed by atoms with Crippen LogP contribution in [0.4, 0.5) is 0 Å². The highest BCUT2D eigenvalue weighted by Crippen LogP contribution is 2.55. The van der Waals surface area contributed by atoms with Gasteiger partial charge in [-0.05, 0) is 31.4 Å². The Balaban J connectivity index is 1.50. The average molecular weight is 527 g/mol. The molecular formula is C30H38O8. The molecule has 38 heavy (non-hydrogen) atoms. The molecule has 8 nitrogen and oxygen atoms in total. The van der Waals surface area contributed by atoms with E-state index in [2.05, 4.69) is 0 Å². The summed E-state index contributed by atoms with van der Waals surface area (Å²) in [7, 11) is 0. The van der Waals surface area contributed by atoms with Gasteiger partial charge in [0, 0.05) is 12.3 Å². The van der Waals surface area contributed by atoms with Crippen LogP contribution in [-0.4, -0.2) is 56.4 Å². The summed E-state index contributed by atoms with van der Waals surface area (Å²) in [6.45, 7) is 7.08. The van der Waals surface area contributed by atoms with Crippen molar-refractivity contribution in [3.8, 4) is 0 Å². The molecule has 1 aliphatic carbocycles. The van der Waals surface area contributed by atoms with Gasteiger partial charge in [-0.1, -0.05) is 67.6 Å². The molecule has 2 aromatic carbocycles. The Morgan fingerprint density at radius 1 is 0.789 bits per heavy atom. The van der Waals surface area contributed by atoms with Gasteiger partial charge in [0.1, 0.15) is 12.2 Å². The van der Waals surface area contributed by atoms with Crippen molar-refractivity contribution in [2.45, 2.75) is 64.8 Å². The van der Waals surface area contributed by atoms with Gasteiger partial charge >= 0.3 is 11.9 Å². The summed E-state index contributed by atoms with van der Waals surface area (Å²) in [5.41, 5.74) is 0.618. The lowest BCUT2D eigenvalue weighted by Gasteiger charge is -2.29. The highest BCUT2D eigenvalue weighted by atomic mass is 16.8. The first-order valence-corrected chi connectivity index (χ1v) is 13.4. The molecular weight excluding hydrogens is 488 g/mol. The number of hydrogen-bond donors (Lipinski definition) is 0. The Morgan fingerprint density at radius 2 is 1.24 bits per heavy atom. The maximum Gasteiger partial charge on any atom is 0.323 e. The number of hydrogen-bond acceptors (Lipinski definition) is 8. The van der Waals surface area contributed by atoms with Gasteiger partial charge < -0.3 is 28.4 Å². The minimum absolute atomic E-state index is 0.0171. The highest BCUT2D eigenvalue weighted by Gasteiger charge is 2.67. The quantitative estimate of drug-likeness (QED) is 0.296. The molecule has 4 rings (SSSR count). The van der Waals surface area contributed by atoms with Crippen molar-refractivity contribution in [3.63, 3.8) is 0 Å². The Bertz CT molecular complexity index is 969. The smallest absolute Gasteiger partial charge is 0.323 e. The normalized spacial score (nSPS) is 23.4. The number of ether oxygens (including phenoxy) is 6.